The molecule has 2 saturated carbocycles. The minimum Gasteiger partial charge on any atom is -0.312 e. The Morgan fingerprint density at radius 3 is 2.79 bits per heavy atom. The molecule has 1 aromatic rings. The van der Waals surface area contributed by atoms with E-state index >= 15 is 0 Å². The Kier molecular flexibility index (Phi) is 3.51. The van der Waals surface area contributed by atoms with E-state index in [2.05, 4.69) is 5.32 Å². The third-order valence-corrected chi connectivity index (χ3v) is 4.79. The first-order valence-electron chi connectivity index (χ1n) is 7.17. The van der Waals surface area contributed by atoms with E-state index in [0.717, 1.165) is 29.9 Å². The SMILES string of the molecule is O=[N+]([O-])c1ccccc1CNCC1CC2CCC1C2. The number of rotatable bonds is 5. The topological polar surface area (TPSA) is 55.2 Å². The Bertz CT molecular complexity index is 475. The maximum Gasteiger partial charge on any atom is 0.273 e. The molecule has 4 heteroatoms. The molecule has 1 N–H and O–H groups in total. The highest BCUT2D eigenvalue weighted by Gasteiger charge is 2.38. The molecule has 2 aliphatic rings. The van der Waals surface area contributed by atoms with E-state index < -0.39 is 0 Å². The highest BCUT2D eigenvalue weighted by Crippen LogP contribution is 2.47. The first kappa shape index (κ1) is 12.6. The van der Waals surface area contributed by atoms with Crippen LogP contribution >= 0.6 is 0 Å². The van der Waals surface area contributed by atoms with Gasteiger partial charge in [-0.05, 0) is 43.6 Å². The molecule has 0 aliphatic heterocycles. The van der Waals surface area contributed by atoms with Gasteiger partial charge in [-0.15, -0.1) is 0 Å². The summed E-state index contributed by atoms with van der Waals surface area (Å²) in [4.78, 5) is 10.6. The zero-order valence-electron chi connectivity index (χ0n) is 11.0. The van der Waals surface area contributed by atoms with Crippen LogP contribution in [0.15, 0.2) is 24.3 Å². The van der Waals surface area contributed by atoms with Crippen LogP contribution in [0.4, 0.5) is 5.69 Å². The molecule has 19 heavy (non-hydrogen) atoms. The summed E-state index contributed by atoms with van der Waals surface area (Å²) in [5.41, 5.74) is 1.01. The molecular formula is C15H20N2O2. The molecule has 2 aliphatic carbocycles. The molecule has 0 radical (unpaired) electrons. The molecule has 3 rings (SSSR count). The second-order valence-electron chi connectivity index (χ2n) is 5.95. The van der Waals surface area contributed by atoms with Crippen LogP contribution in [0.5, 0.6) is 0 Å². The Labute approximate surface area is 113 Å². The quantitative estimate of drug-likeness (QED) is 0.653. The van der Waals surface area contributed by atoms with Crippen LogP contribution in [0.3, 0.4) is 0 Å². The van der Waals surface area contributed by atoms with Crippen molar-refractivity contribution in [1.82, 2.24) is 5.32 Å². The monoisotopic (exact) mass is 260 g/mol. The van der Waals surface area contributed by atoms with Gasteiger partial charge in [0.05, 0.1) is 4.92 Å². The van der Waals surface area contributed by atoms with Gasteiger partial charge in [0, 0.05) is 18.2 Å². The predicted octanol–water partition coefficient (Wildman–Crippen LogP) is 3.12. The summed E-state index contributed by atoms with van der Waals surface area (Å²) >= 11 is 0. The van der Waals surface area contributed by atoms with E-state index in [1.165, 1.54) is 25.7 Å². The van der Waals surface area contributed by atoms with Gasteiger partial charge in [-0.2, -0.15) is 0 Å². The fourth-order valence-corrected chi connectivity index (χ4v) is 3.86. The van der Waals surface area contributed by atoms with Gasteiger partial charge >= 0.3 is 0 Å². The molecule has 0 saturated heterocycles. The van der Waals surface area contributed by atoms with Crippen LogP contribution < -0.4 is 5.32 Å². The van der Waals surface area contributed by atoms with Crippen molar-refractivity contribution in [2.75, 3.05) is 6.54 Å². The van der Waals surface area contributed by atoms with Crippen LogP contribution in [0.2, 0.25) is 0 Å². The smallest absolute Gasteiger partial charge is 0.273 e. The van der Waals surface area contributed by atoms with Crippen molar-refractivity contribution < 1.29 is 4.92 Å². The van der Waals surface area contributed by atoms with Crippen molar-refractivity contribution in [2.24, 2.45) is 17.8 Å². The van der Waals surface area contributed by atoms with Gasteiger partial charge in [0.15, 0.2) is 0 Å². The van der Waals surface area contributed by atoms with Crippen molar-refractivity contribution in [3.63, 3.8) is 0 Å². The first-order valence-corrected chi connectivity index (χ1v) is 7.17. The van der Waals surface area contributed by atoms with Crippen LogP contribution in [0.1, 0.15) is 31.2 Å². The number of nitro benzene ring substituents is 1. The standard InChI is InChI=1S/C15H20N2O2/c18-17(19)15-4-2-1-3-13(15)9-16-10-14-8-11-5-6-12(14)7-11/h1-4,11-12,14,16H,5-10H2. The summed E-state index contributed by atoms with van der Waals surface area (Å²) in [5.74, 6) is 2.66. The molecule has 1 aromatic carbocycles. The van der Waals surface area contributed by atoms with Crippen molar-refractivity contribution in [1.29, 1.82) is 0 Å². The normalized spacial score (nSPS) is 28.7. The number of benzene rings is 1. The van der Waals surface area contributed by atoms with Crippen molar-refractivity contribution in [3.05, 3.63) is 39.9 Å². The number of nitrogens with one attached hydrogen (secondary N) is 1. The van der Waals surface area contributed by atoms with Gasteiger partial charge < -0.3 is 5.32 Å². The second kappa shape index (κ2) is 5.29. The number of para-hydroxylation sites is 1. The van der Waals surface area contributed by atoms with E-state index in [1.807, 2.05) is 12.1 Å². The lowest BCUT2D eigenvalue weighted by atomic mass is 9.89. The van der Waals surface area contributed by atoms with Gasteiger partial charge in [-0.1, -0.05) is 24.6 Å². The van der Waals surface area contributed by atoms with Crippen LogP contribution in [-0.4, -0.2) is 11.5 Å². The lowest BCUT2D eigenvalue weighted by Gasteiger charge is -2.21. The molecule has 2 fully saturated rings. The van der Waals surface area contributed by atoms with Gasteiger partial charge in [-0.25, -0.2) is 0 Å². The number of hydrogen-bond acceptors (Lipinski definition) is 3. The van der Waals surface area contributed by atoms with E-state index in [9.17, 15) is 10.1 Å². The summed E-state index contributed by atoms with van der Waals surface area (Å²) in [7, 11) is 0. The summed E-state index contributed by atoms with van der Waals surface area (Å²) in [5, 5.41) is 14.3. The number of nitro groups is 1. The highest BCUT2D eigenvalue weighted by molar-refractivity contribution is 5.39. The summed E-state index contributed by atoms with van der Waals surface area (Å²) in [6, 6.07) is 7.00. The molecular weight excluding hydrogens is 240 g/mol. The number of fused-ring (bicyclic) bond motifs is 2. The zero-order valence-corrected chi connectivity index (χ0v) is 11.0. The average Bonchev–Trinajstić information content (AvgIpc) is 3.01. The Hall–Kier alpha value is -1.42. The lowest BCUT2D eigenvalue weighted by Crippen LogP contribution is -2.26. The fourth-order valence-electron chi connectivity index (χ4n) is 3.86. The summed E-state index contributed by atoms with van der Waals surface area (Å²) < 4.78 is 0. The van der Waals surface area contributed by atoms with Crippen LogP contribution in [-0.2, 0) is 6.54 Å². The third kappa shape index (κ3) is 2.63. The van der Waals surface area contributed by atoms with Gasteiger partial charge in [0.2, 0.25) is 0 Å². The number of hydrogen-bond donors (Lipinski definition) is 1. The van der Waals surface area contributed by atoms with E-state index in [4.69, 9.17) is 0 Å². The highest BCUT2D eigenvalue weighted by atomic mass is 16.6. The van der Waals surface area contributed by atoms with Crippen LogP contribution in [0.25, 0.3) is 0 Å². The Morgan fingerprint density at radius 2 is 2.11 bits per heavy atom. The average molecular weight is 260 g/mol. The van der Waals surface area contributed by atoms with Crippen LogP contribution in [0, 0.1) is 27.9 Å². The Balaban J connectivity index is 1.54. The molecule has 3 unspecified atom stereocenters. The molecule has 2 bridgehead atoms. The Morgan fingerprint density at radius 1 is 1.26 bits per heavy atom. The second-order valence-corrected chi connectivity index (χ2v) is 5.95. The zero-order chi connectivity index (χ0) is 13.2. The molecule has 4 nitrogen and oxygen atoms in total. The van der Waals surface area contributed by atoms with Gasteiger partial charge in [0.25, 0.3) is 5.69 Å². The predicted molar refractivity (Wildman–Crippen MR) is 73.7 cm³/mol. The first-order chi connectivity index (χ1) is 9.24. The summed E-state index contributed by atoms with van der Waals surface area (Å²) in [6.45, 7) is 1.61. The largest absolute Gasteiger partial charge is 0.312 e. The van der Waals surface area contributed by atoms with E-state index in [0.29, 0.717) is 6.54 Å². The maximum absolute atomic E-state index is 10.9. The minimum absolute atomic E-state index is 0.225. The van der Waals surface area contributed by atoms with Gasteiger partial charge in [0.1, 0.15) is 0 Å². The van der Waals surface area contributed by atoms with E-state index in [1.54, 1.807) is 12.1 Å². The van der Waals surface area contributed by atoms with Crippen molar-refractivity contribution >= 4 is 5.69 Å². The molecule has 0 amide bonds. The van der Waals surface area contributed by atoms with E-state index in [-0.39, 0.29) is 10.6 Å². The molecule has 102 valence electrons. The minimum atomic E-state index is -0.297. The lowest BCUT2D eigenvalue weighted by molar-refractivity contribution is -0.385. The van der Waals surface area contributed by atoms with Crippen molar-refractivity contribution in [2.45, 2.75) is 32.2 Å². The molecule has 0 aromatic heterocycles. The maximum atomic E-state index is 10.9. The van der Waals surface area contributed by atoms with Crippen molar-refractivity contribution in [3.8, 4) is 0 Å². The van der Waals surface area contributed by atoms with Gasteiger partial charge in [-0.3, -0.25) is 10.1 Å². The fraction of sp³-hybridized carbons (Fsp3) is 0.600. The summed E-state index contributed by atoms with van der Waals surface area (Å²) in [6.07, 6.45) is 5.58. The molecule has 0 spiro atoms. The number of nitrogens with zero attached hydrogens (tertiary/aromatic N) is 1. The third-order valence-electron chi connectivity index (χ3n) is 4.79. The molecule has 0 heterocycles. The molecule has 3 atom stereocenters.